The summed E-state index contributed by atoms with van der Waals surface area (Å²) < 4.78 is 49.7. The van der Waals surface area contributed by atoms with Crippen LogP contribution in [0.25, 0.3) is 0 Å². The predicted octanol–water partition coefficient (Wildman–Crippen LogP) is 6.55. The molecule has 2 amide bonds. The van der Waals surface area contributed by atoms with Gasteiger partial charge in [0.05, 0.1) is 22.7 Å². The molecule has 0 aliphatic heterocycles. The molecule has 0 saturated carbocycles. The second-order valence-electron chi connectivity index (χ2n) is 11.3. The van der Waals surface area contributed by atoms with Crippen LogP contribution < -0.4 is 14.4 Å². The van der Waals surface area contributed by atoms with Gasteiger partial charge in [0.25, 0.3) is 10.0 Å². The Morgan fingerprint density at radius 1 is 0.957 bits per heavy atom. The Kier molecular flexibility index (Phi) is 12.0. The molecule has 11 heteroatoms. The summed E-state index contributed by atoms with van der Waals surface area (Å²) in [4.78, 5) is 29.6. The topological polar surface area (TPSA) is 96.0 Å². The molecule has 0 bridgehead atoms. The van der Waals surface area contributed by atoms with Crippen LogP contribution in [0.5, 0.6) is 5.75 Å². The number of rotatable bonds is 14. The molecular formula is C36H39ClFN3O5S. The number of aryl methyl sites for hydroxylation is 1. The molecule has 0 radical (unpaired) electrons. The van der Waals surface area contributed by atoms with Gasteiger partial charge in [-0.1, -0.05) is 84.8 Å². The van der Waals surface area contributed by atoms with Crippen molar-refractivity contribution < 1.29 is 27.1 Å². The van der Waals surface area contributed by atoms with Gasteiger partial charge < -0.3 is 15.0 Å². The zero-order valence-corrected chi connectivity index (χ0v) is 28.4. The lowest BCUT2D eigenvalue weighted by atomic mass is 10.0. The molecule has 0 spiro atoms. The fourth-order valence-corrected chi connectivity index (χ4v) is 6.64. The number of halogens is 2. The molecule has 2 unspecified atom stereocenters. The Bertz CT molecular complexity index is 1790. The van der Waals surface area contributed by atoms with Gasteiger partial charge in [-0.05, 0) is 62.2 Å². The molecule has 0 aliphatic rings. The lowest BCUT2D eigenvalue weighted by Gasteiger charge is -2.34. The van der Waals surface area contributed by atoms with Crippen LogP contribution in [0.2, 0.25) is 5.02 Å². The van der Waals surface area contributed by atoms with E-state index in [4.69, 9.17) is 16.3 Å². The lowest BCUT2D eigenvalue weighted by molar-refractivity contribution is -0.140. The number of sulfonamides is 1. The fourth-order valence-electron chi connectivity index (χ4n) is 4.98. The second kappa shape index (κ2) is 15.9. The Labute approximate surface area is 281 Å². The predicted molar refractivity (Wildman–Crippen MR) is 182 cm³/mol. The van der Waals surface area contributed by atoms with Gasteiger partial charge in [-0.25, -0.2) is 12.8 Å². The van der Waals surface area contributed by atoms with E-state index in [1.54, 1.807) is 18.2 Å². The summed E-state index contributed by atoms with van der Waals surface area (Å²) in [5, 5.41) is 3.10. The maximum atomic E-state index is 15.1. The van der Waals surface area contributed by atoms with Gasteiger partial charge >= 0.3 is 0 Å². The minimum absolute atomic E-state index is 0.0427. The molecule has 8 nitrogen and oxygen atoms in total. The fraction of sp³-hybridized carbons (Fsp3) is 0.278. The summed E-state index contributed by atoms with van der Waals surface area (Å²) in [7, 11) is -2.90. The average molecular weight is 680 g/mol. The molecule has 0 aliphatic carbocycles. The molecule has 2 atom stereocenters. The number of hydrogen-bond acceptors (Lipinski definition) is 5. The Morgan fingerprint density at radius 3 is 2.23 bits per heavy atom. The maximum absolute atomic E-state index is 15.1. The van der Waals surface area contributed by atoms with Crippen molar-refractivity contribution in [3.8, 4) is 5.75 Å². The van der Waals surface area contributed by atoms with Crippen LogP contribution in [0.4, 0.5) is 10.1 Å². The number of anilines is 1. The average Bonchev–Trinajstić information content (AvgIpc) is 3.06. The van der Waals surface area contributed by atoms with E-state index in [1.165, 1.54) is 60.5 Å². The molecule has 4 aromatic carbocycles. The quantitative estimate of drug-likeness (QED) is 0.163. The van der Waals surface area contributed by atoms with E-state index < -0.39 is 40.2 Å². The van der Waals surface area contributed by atoms with Crippen molar-refractivity contribution in [3.05, 3.63) is 125 Å². The molecule has 0 saturated heterocycles. The van der Waals surface area contributed by atoms with Crippen molar-refractivity contribution in [1.29, 1.82) is 0 Å². The summed E-state index contributed by atoms with van der Waals surface area (Å²) in [6.45, 7) is 4.63. The van der Waals surface area contributed by atoms with Crippen LogP contribution in [-0.2, 0) is 32.6 Å². The Morgan fingerprint density at radius 2 is 1.62 bits per heavy atom. The van der Waals surface area contributed by atoms with E-state index >= 15 is 4.39 Å². The third-order valence-electron chi connectivity index (χ3n) is 7.88. The maximum Gasteiger partial charge on any atom is 0.264 e. The molecular weight excluding hydrogens is 641 g/mol. The third-order valence-corrected chi connectivity index (χ3v) is 9.97. The first kappa shape index (κ1) is 35.4. The van der Waals surface area contributed by atoms with Gasteiger partial charge in [-0.15, -0.1) is 0 Å². The van der Waals surface area contributed by atoms with Gasteiger partial charge in [0.15, 0.2) is 0 Å². The molecule has 248 valence electrons. The number of methoxy groups -OCH3 is 1. The minimum atomic E-state index is -4.33. The molecule has 4 aromatic rings. The standard InChI is InChI=1S/C36H39ClFN3O5S/c1-5-26(3)39-36(43)33(21-27-11-7-6-8-12-27)40(23-28-13-9-10-14-32(28)38)35(42)24-41(29-17-20-34(46-4)31(37)22-29)47(44,45)30-18-15-25(2)16-19-30/h6-20,22,26,33H,5,21,23-24H2,1-4H3,(H,39,43). The third kappa shape index (κ3) is 8.90. The van der Waals surface area contributed by atoms with Crippen molar-refractivity contribution in [2.45, 2.75) is 57.1 Å². The van der Waals surface area contributed by atoms with E-state index in [0.717, 1.165) is 15.4 Å². The molecule has 0 fully saturated rings. The van der Waals surface area contributed by atoms with Crippen LogP contribution in [0.3, 0.4) is 0 Å². The van der Waals surface area contributed by atoms with Crippen LogP contribution in [0, 0.1) is 12.7 Å². The van der Waals surface area contributed by atoms with Gasteiger partial charge in [0.1, 0.15) is 24.2 Å². The van der Waals surface area contributed by atoms with Gasteiger partial charge in [0, 0.05) is 24.6 Å². The number of benzene rings is 4. The first-order chi connectivity index (χ1) is 22.4. The van der Waals surface area contributed by atoms with Gasteiger partial charge in [-0.2, -0.15) is 0 Å². The summed E-state index contributed by atoms with van der Waals surface area (Å²) in [6.07, 6.45) is 0.758. The largest absolute Gasteiger partial charge is 0.495 e. The molecule has 1 N–H and O–H groups in total. The highest BCUT2D eigenvalue weighted by molar-refractivity contribution is 7.92. The first-order valence-corrected chi connectivity index (χ1v) is 17.1. The number of carbonyl (C=O) groups is 2. The number of amides is 2. The van der Waals surface area contributed by atoms with Crippen molar-refractivity contribution in [2.24, 2.45) is 0 Å². The highest BCUT2D eigenvalue weighted by atomic mass is 35.5. The van der Waals surface area contributed by atoms with E-state index in [-0.39, 0.29) is 40.2 Å². The van der Waals surface area contributed by atoms with E-state index in [0.29, 0.717) is 12.2 Å². The molecule has 0 aromatic heterocycles. The number of nitrogens with zero attached hydrogens (tertiary/aromatic N) is 2. The monoisotopic (exact) mass is 679 g/mol. The zero-order valence-electron chi connectivity index (χ0n) is 26.8. The lowest BCUT2D eigenvalue weighted by Crippen LogP contribution is -2.54. The molecule has 0 heterocycles. The summed E-state index contributed by atoms with van der Waals surface area (Å²) in [6, 6.07) is 24.5. The Balaban J connectivity index is 1.84. The number of ether oxygens (including phenoxy) is 1. The zero-order chi connectivity index (χ0) is 34.1. The summed E-state index contributed by atoms with van der Waals surface area (Å²) in [5.41, 5.74) is 1.91. The van der Waals surface area contributed by atoms with Crippen molar-refractivity contribution in [2.75, 3.05) is 18.0 Å². The number of carbonyl (C=O) groups excluding carboxylic acids is 2. The van der Waals surface area contributed by atoms with Crippen LogP contribution in [-0.4, -0.2) is 50.9 Å². The highest BCUT2D eigenvalue weighted by Crippen LogP contribution is 2.32. The molecule has 47 heavy (non-hydrogen) atoms. The van der Waals surface area contributed by atoms with E-state index in [2.05, 4.69) is 5.32 Å². The summed E-state index contributed by atoms with van der Waals surface area (Å²) >= 11 is 6.42. The van der Waals surface area contributed by atoms with Crippen molar-refractivity contribution in [1.82, 2.24) is 10.2 Å². The highest BCUT2D eigenvalue weighted by Gasteiger charge is 2.35. The minimum Gasteiger partial charge on any atom is -0.495 e. The number of hydrogen-bond donors (Lipinski definition) is 1. The number of nitrogens with one attached hydrogen (secondary N) is 1. The van der Waals surface area contributed by atoms with Crippen LogP contribution in [0.15, 0.2) is 102 Å². The van der Waals surface area contributed by atoms with E-state index in [1.807, 2.05) is 51.1 Å². The SMILES string of the molecule is CCC(C)NC(=O)C(Cc1ccccc1)N(Cc1ccccc1F)C(=O)CN(c1ccc(OC)c(Cl)c1)S(=O)(=O)c1ccc(C)cc1. The first-order valence-electron chi connectivity index (χ1n) is 15.2. The summed E-state index contributed by atoms with van der Waals surface area (Å²) in [5.74, 6) is -1.39. The normalized spacial score (nSPS) is 12.6. The smallest absolute Gasteiger partial charge is 0.264 e. The second-order valence-corrected chi connectivity index (χ2v) is 13.5. The Hall–Kier alpha value is -4.41. The molecule has 4 rings (SSSR count). The van der Waals surface area contributed by atoms with Gasteiger partial charge in [-0.3, -0.25) is 13.9 Å². The van der Waals surface area contributed by atoms with Crippen LogP contribution >= 0.6 is 11.6 Å². The van der Waals surface area contributed by atoms with E-state index in [9.17, 15) is 18.0 Å². The van der Waals surface area contributed by atoms with Crippen molar-refractivity contribution >= 4 is 39.1 Å². The van der Waals surface area contributed by atoms with Crippen LogP contribution in [0.1, 0.15) is 37.0 Å². The van der Waals surface area contributed by atoms with Crippen molar-refractivity contribution in [3.63, 3.8) is 0 Å². The van der Waals surface area contributed by atoms with Gasteiger partial charge in [0.2, 0.25) is 11.8 Å².